The van der Waals surface area contributed by atoms with Crippen LogP contribution in [0, 0.1) is 6.92 Å². The van der Waals surface area contributed by atoms with Crippen LogP contribution in [0.5, 0.6) is 5.75 Å². The van der Waals surface area contributed by atoms with Crippen molar-refractivity contribution in [2.24, 2.45) is 0 Å². The number of hydrogen-bond acceptors (Lipinski definition) is 1. The molecule has 13 heavy (non-hydrogen) atoms. The molecule has 0 spiro atoms. The van der Waals surface area contributed by atoms with Crippen LogP contribution in [0.2, 0.25) is 5.02 Å². The van der Waals surface area contributed by atoms with Gasteiger partial charge in [-0.25, -0.2) is 0 Å². The quantitative estimate of drug-likeness (QED) is 0.554. The summed E-state index contributed by atoms with van der Waals surface area (Å²) in [5, 5.41) is 0.738. The van der Waals surface area contributed by atoms with Gasteiger partial charge < -0.3 is 4.74 Å². The molecule has 0 aromatic heterocycles. The predicted molar refractivity (Wildman–Crippen MR) is 57.0 cm³/mol. The first-order valence-electron chi connectivity index (χ1n) is 4.19. The normalized spacial score (nSPS) is 10.1. The van der Waals surface area contributed by atoms with E-state index >= 15 is 0 Å². The zero-order valence-corrected chi connectivity index (χ0v) is 9.03. The predicted octanol–water partition coefficient (Wildman–Crippen LogP) is 3.66. The standard InChI is InChI=1S/C10H12Cl2O/c1-8-7-9(12)3-4-10(8)13-6-2-5-11/h3-4,7H,2,5-6H2,1H3. The van der Waals surface area contributed by atoms with Crippen LogP contribution < -0.4 is 4.74 Å². The smallest absolute Gasteiger partial charge is 0.122 e. The molecular formula is C10H12Cl2O. The molecule has 1 aromatic rings. The lowest BCUT2D eigenvalue weighted by atomic mass is 10.2. The topological polar surface area (TPSA) is 9.23 Å². The van der Waals surface area contributed by atoms with Gasteiger partial charge in [-0.05, 0) is 37.1 Å². The summed E-state index contributed by atoms with van der Waals surface area (Å²) in [4.78, 5) is 0. The first-order chi connectivity index (χ1) is 6.24. The van der Waals surface area contributed by atoms with Crippen molar-refractivity contribution in [3.63, 3.8) is 0 Å². The summed E-state index contributed by atoms with van der Waals surface area (Å²) in [6, 6.07) is 5.59. The van der Waals surface area contributed by atoms with E-state index in [1.807, 2.05) is 25.1 Å². The molecule has 0 aliphatic rings. The molecule has 0 bridgehead atoms. The Labute approximate surface area is 88.6 Å². The van der Waals surface area contributed by atoms with Gasteiger partial charge in [0.25, 0.3) is 0 Å². The minimum absolute atomic E-state index is 0.632. The van der Waals surface area contributed by atoms with E-state index < -0.39 is 0 Å². The zero-order chi connectivity index (χ0) is 9.68. The number of hydrogen-bond donors (Lipinski definition) is 0. The van der Waals surface area contributed by atoms with Crippen molar-refractivity contribution < 1.29 is 4.74 Å². The number of aryl methyl sites for hydroxylation is 1. The van der Waals surface area contributed by atoms with Crippen LogP contribution in [0.1, 0.15) is 12.0 Å². The van der Waals surface area contributed by atoms with E-state index in [9.17, 15) is 0 Å². The molecule has 1 rings (SSSR count). The molecule has 0 N–H and O–H groups in total. The summed E-state index contributed by atoms with van der Waals surface area (Å²) in [5.74, 6) is 1.52. The van der Waals surface area contributed by atoms with Crippen LogP contribution in [0.15, 0.2) is 18.2 Å². The second-order valence-electron chi connectivity index (χ2n) is 2.80. The molecule has 0 saturated carbocycles. The molecule has 72 valence electrons. The maximum atomic E-state index is 5.80. The van der Waals surface area contributed by atoms with Crippen LogP contribution in [-0.4, -0.2) is 12.5 Å². The maximum absolute atomic E-state index is 5.80. The van der Waals surface area contributed by atoms with Crippen LogP contribution in [0.25, 0.3) is 0 Å². The minimum Gasteiger partial charge on any atom is -0.493 e. The SMILES string of the molecule is Cc1cc(Cl)ccc1OCCCCl. The fourth-order valence-corrected chi connectivity index (χ4v) is 1.35. The van der Waals surface area contributed by atoms with Gasteiger partial charge in [0.1, 0.15) is 5.75 Å². The van der Waals surface area contributed by atoms with Gasteiger partial charge in [-0.1, -0.05) is 11.6 Å². The highest BCUT2D eigenvalue weighted by atomic mass is 35.5. The van der Waals surface area contributed by atoms with E-state index in [1.165, 1.54) is 0 Å². The monoisotopic (exact) mass is 218 g/mol. The lowest BCUT2D eigenvalue weighted by molar-refractivity contribution is 0.316. The largest absolute Gasteiger partial charge is 0.493 e. The third-order valence-electron chi connectivity index (χ3n) is 1.67. The van der Waals surface area contributed by atoms with Gasteiger partial charge in [0.15, 0.2) is 0 Å². The summed E-state index contributed by atoms with van der Waals surface area (Å²) in [5.41, 5.74) is 1.06. The van der Waals surface area contributed by atoms with Crippen molar-refractivity contribution in [2.45, 2.75) is 13.3 Å². The van der Waals surface area contributed by atoms with Crippen molar-refractivity contribution in [3.05, 3.63) is 28.8 Å². The Hall–Kier alpha value is -0.400. The molecule has 0 fully saturated rings. The highest BCUT2D eigenvalue weighted by molar-refractivity contribution is 6.30. The van der Waals surface area contributed by atoms with Crippen molar-refractivity contribution in [1.29, 1.82) is 0 Å². The van der Waals surface area contributed by atoms with Gasteiger partial charge in [-0.3, -0.25) is 0 Å². The first-order valence-corrected chi connectivity index (χ1v) is 5.10. The van der Waals surface area contributed by atoms with Crippen molar-refractivity contribution in [2.75, 3.05) is 12.5 Å². The zero-order valence-electron chi connectivity index (χ0n) is 7.52. The van der Waals surface area contributed by atoms with Crippen LogP contribution in [0.3, 0.4) is 0 Å². The van der Waals surface area contributed by atoms with Crippen LogP contribution in [0.4, 0.5) is 0 Å². The molecule has 0 aliphatic carbocycles. The van der Waals surface area contributed by atoms with Crippen molar-refractivity contribution in [3.8, 4) is 5.75 Å². The lowest BCUT2D eigenvalue weighted by Crippen LogP contribution is -1.98. The van der Waals surface area contributed by atoms with E-state index in [4.69, 9.17) is 27.9 Å². The molecule has 3 heteroatoms. The van der Waals surface area contributed by atoms with Gasteiger partial charge in [0, 0.05) is 10.9 Å². The summed E-state index contributed by atoms with van der Waals surface area (Å²) in [6.45, 7) is 2.63. The van der Waals surface area contributed by atoms with E-state index in [2.05, 4.69) is 0 Å². The van der Waals surface area contributed by atoms with Gasteiger partial charge in [0.05, 0.1) is 6.61 Å². The molecular weight excluding hydrogens is 207 g/mol. The average Bonchev–Trinajstić information content (AvgIpc) is 2.09. The molecule has 1 nitrogen and oxygen atoms in total. The molecule has 1 aromatic carbocycles. The second kappa shape index (κ2) is 5.36. The van der Waals surface area contributed by atoms with Crippen LogP contribution >= 0.6 is 23.2 Å². The first kappa shape index (κ1) is 10.7. The number of halogens is 2. The van der Waals surface area contributed by atoms with Gasteiger partial charge in [-0.15, -0.1) is 11.6 Å². The third-order valence-corrected chi connectivity index (χ3v) is 2.17. The molecule has 0 aliphatic heterocycles. The molecule has 0 unspecified atom stereocenters. The van der Waals surface area contributed by atoms with Gasteiger partial charge in [-0.2, -0.15) is 0 Å². The van der Waals surface area contributed by atoms with Crippen LogP contribution in [-0.2, 0) is 0 Å². The molecule has 0 radical (unpaired) electrons. The molecule has 0 atom stereocenters. The molecule has 0 amide bonds. The number of alkyl halides is 1. The van der Waals surface area contributed by atoms with Crippen molar-refractivity contribution in [1.82, 2.24) is 0 Å². The Morgan fingerprint density at radius 3 is 2.77 bits per heavy atom. The Morgan fingerprint density at radius 1 is 1.38 bits per heavy atom. The summed E-state index contributed by atoms with van der Waals surface area (Å²) >= 11 is 11.3. The summed E-state index contributed by atoms with van der Waals surface area (Å²) in [6.07, 6.45) is 0.865. The summed E-state index contributed by atoms with van der Waals surface area (Å²) < 4.78 is 5.49. The minimum atomic E-state index is 0.632. The Balaban J connectivity index is 2.56. The number of ether oxygens (including phenoxy) is 1. The molecule has 0 heterocycles. The van der Waals surface area contributed by atoms with Gasteiger partial charge in [0.2, 0.25) is 0 Å². The Kier molecular flexibility index (Phi) is 4.40. The second-order valence-corrected chi connectivity index (χ2v) is 3.62. The van der Waals surface area contributed by atoms with Gasteiger partial charge >= 0.3 is 0 Å². The Bertz CT molecular complexity index is 274. The fourth-order valence-electron chi connectivity index (χ4n) is 1.01. The average molecular weight is 219 g/mol. The third kappa shape index (κ3) is 3.45. The van der Waals surface area contributed by atoms with Crippen molar-refractivity contribution >= 4 is 23.2 Å². The number of rotatable bonds is 4. The van der Waals surface area contributed by atoms with E-state index in [-0.39, 0.29) is 0 Å². The van der Waals surface area contributed by atoms with E-state index in [0.29, 0.717) is 12.5 Å². The van der Waals surface area contributed by atoms with E-state index in [0.717, 1.165) is 22.8 Å². The fraction of sp³-hybridized carbons (Fsp3) is 0.400. The highest BCUT2D eigenvalue weighted by Gasteiger charge is 1.99. The van der Waals surface area contributed by atoms with E-state index in [1.54, 1.807) is 0 Å². The summed E-state index contributed by atoms with van der Waals surface area (Å²) in [7, 11) is 0. The highest BCUT2D eigenvalue weighted by Crippen LogP contribution is 2.21. The lowest BCUT2D eigenvalue weighted by Gasteiger charge is -2.07. The number of benzene rings is 1. The molecule has 0 saturated heterocycles. The maximum Gasteiger partial charge on any atom is 0.122 e. The Morgan fingerprint density at radius 2 is 2.15 bits per heavy atom.